The van der Waals surface area contributed by atoms with E-state index in [0.717, 1.165) is 19.7 Å². The lowest BCUT2D eigenvalue weighted by Crippen LogP contribution is -2.36. The molecule has 0 spiro atoms. The topological polar surface area (TPSA) is 21.3 Å². The van der Waals surface area contributed by atoms with E-state index in [9.17, 15) is 0 Å². The van der Waals surface area contributed by atoms with Crippen LogP contribution in [0.4, 0.5) is 0 Å². The number of halogens is 1. The third-order valence-corrected chi connectivity index (χ3v) is 3.76. The van der Waals surface area contributed by atoms with E-state index in [2.05, 4.69) is 59.1 Å². The zero-order valence-electron chi connectivity index (χ0n) is 9.63. The van der Waals surface area contributed by atoms with Gasteiger partial charge in [0.05, 0.1) is 5.60 Å². The highest BCUT2D eigenvalue weighted by molar-refractivity contribution is 14.1. The lowest BCUT2D eigenvalue weighted by molar-refractivity contribution is 0.0207. The van der Waals surface area contributed by atoms with Crippen LogP contribution in [0.25, 0.3) is 0 Å². The molecule has 2 rings (SSSR count). The van der Waals surface area contributed by atoms with Crippen molar-refractivity contribution in [1.82, 2.24) is 5.32 Å². The van der Waals surface area contributed by atoms with Crippen LogP contribution in [0.2, 0.25) is 0 Å². The maximum absolute atomic E-state index is 5.73. The molecule has 1 N–H and O–H groups in total. The van der Waals surface area contributed by atoms with Gasteiger partial charge in [0.2, 0.25) is 0 Å². The molecule has 88 valence electrons. The van der Waals surface area contributed by atoms with Crippen molar-refractivity contribution < 1.29 is 4.74 Å². The van der Waals surface area contributed by atoms with Gasteiger partial charge in [0.1, 0.15) is 0 Å². The fraction of sp³-hybridized carbons (Fsp3) is 0.538. The summed E-state index contributed by atoms with van der Waals surface area (Å²) in [5.41, 5.74) is 1.39. The van der Waals surface area contributed by atoms with Gasteiger partial charge in [-0.15, -0.1) is 0 Å². The summed E-state index contributed by atoms with van der Waals surface area (Å²) in [5.74, 6) is 0. The molecule has 1 aliphatic rings. The van der Waals surface area contributed by atoms with Crippen molar-refractivity contribution in [2.75, 3.05) is 13.2 Å². The van der Waals surface area contributed by atoms with Gasteiger partial charge in [-0.1, -0.05) is 12.1 Å². The molecule has 2 nitrogen and oxygen atoms in total. The molecule has 3 heteroatoms. The highest BCUT2D eigenvalue weighted by Gasteiger charge is 2.28. The Kier molecular flexibility index (Phi) is 4.21. The predicted molar refractivity (Wildman–Crippen MR) is 74.5 cm³/mol. The molecule has 1 aromatic carbocycles. The average molecular weight is 331 g/mol. The summed E-state index contributed by atoms with van der Waals surface area (Å²) in [4.78, 5) is 0. The predicted octanol–water partition coefficient (Wildman–Crippen LogP) is 2.95. The molecule has 0 radical (unpaired) electrons. The van der Waals surface area contributed by atoms with Crippen LogP contribution in [0.1, 0.15) is 25.3 Å². The van der Waals surface area contributed by atoms with E-state index in [1.807, 2.05) is 0 Å². The second-order valence-electron chi connectivity index (χ2n) is 4.63. The summed E-state index contributed by atoms with van der Waals surface area (Å²) < 4.78 is 7.02. The minimum atomic E-state index is 0.0587. The van der Waals surface area contributed by atoms with Crippen molar-refractivity contribution in [1.29, 1.82) is 0 Å². The first kappa shape index (κ1) is 12.3. The standard InChI is InChI=1S/C13H18INO/c1-13(7-2-8-16-13)10-15-9-11-3-5-12(14)6-4-11/h3-6,15H,2,7-10H2,1H3. The molecule has 1 saturated heterocycles. The molecule has 0 saturated carbocycles. The highest BCUT2D eigenvalue weighted by atomic mass is 127. The third-order valence-electron chi connectivity index (χ3n) is 3.04. The number of hydrogen-bond donors (Lipinski definition) is 1. The SMILES string of the molecule is CC1(CNCc2ccc(I)cc2)CCCO1. The van der Waals surface area contributed by atoms with Crippen LogP contribution in [0.5, 0.6) is 0 Å². The average Bonchev–Trinajstić information content (AvgIpc) is 2.69. The van der Waals surface area contributed by atoms with E-state index in [1.165, 1.54) is 22.0 Å². The van der Waals surface area contributed by atoms with Gasteiger partial charge < -0.3 is 10.1 Å². The second kappa shape index (κ2) is 5.47. The molecule has 0 aliphatic carbocycles. The second-order valence-corrected chi connectivity index (χ2v) is 5.88. The normalized spacial score (nSPS) is 24.9. The first-order valence-corrected chi connectivity index (χ1v) is 6.85. The summed E-state index contributed by atoms with van der Waals surface area (Å²) >= 11 is 2.33. The Hall–Kier alpha value is -0.130. The molecule has 1 fully saturated rings. The van der Waals surface area contributed by atoms with Crippen LogP contribution in [-0.2, 0) is 11.3 Å². The summed E-state index contributed by atoms with van der Waals surface area (Å²) in [7, 11) is 0. The number of benzene rings is 1. The number of rotatable bonds is 4. The molecule has 0 amide bonds. The minimum Gasteiger partial charge on any atom is -0.374 e. The Bertz CT molecular complexity index is 330. The summed E-state index contributed by atoms with van der Waals surface area (Å²) in [6, 6.07) is 8.63. The van der Waals surface area contributed by atoms with Gasteiger partial charge in [0.25, 0.3) is 0 Å². The zero-order chi connectivity index (χ0) is 11.4. The molecule has 16 heavy (non-hydrogen) atoms. The van der Waals surface area contributed by atoms with Crippen LogP contribution in [0.15, 0.2) is 24.3 Å². The molecule has 1 unspecified atom stereocenters. The molecule has 1 atom stereocenters. The Labute approximate surface area is 111 Å². The van der Waals surface area contributed by atoms with Crippen molar-refractivity contribution in [2.24, 2.45) is 0 Å². The number of nitrogens with one attached hydrogen (secondary N) is 1. The van der Waals surface area contributed by atoms with Gasteiger partial charge in [0, 0.05) is 23.3 Å². The first-order valence-electron chi connectivity index (χ1n) is 5.77. The van der Waals surface area contributed by atoms with Gasteiger partial charge in [-0.25, -0.2) is 0 Å². The summed E-state index contributed by atoms with van der Waals surface area (Å²) in [6.45, 7) is 4.98. The lowest BCUT2D eigenvalue weighted by atomic mass is 10.0. The van der Waals surface area contributed by atoms with Gasteiger partial charge in [0.15, 0.2) is 0 Å². The number of hydrogen-bond acceptors (Lipinski definition) is 2. The molecule has 1 aromatic rings. The van der Waals surface area contributed by atoms with Crippen LogP contribution >= 0.6 is 22.6 Å². The van der Waals surface area contributed by atoms with Crippen molar-refractivity contribution in [2.45, 2.75) is 31.9 Å². The molecule has 1 heterocycles. The Morgan fingerprint density at radius 3 is 2.75 bits per heavy atom. The van der Waals surface area contributed by atoms with Gasteiger partial charge in [-0.2, -0.15) is 0 Å². The monoisotopic (exact) mass is 331 g/mol. The molecule has 0 bridgehead atoms. The van der Waals surface area contributed by atoms with E-state index >= 15 is 0 Å². The summed E-state index contributed by atoms with van der Waals surface area (Å²) in [5, 5.41) is 3.48. The molecular formula is C13H18INO. The number of ether oxygens (including phenoxy) is 1. The zero-order valence-corrected chi connectivity index (χ0v) is 11.8. The third kappa shape index (κ3) is 3.43. The molecule has 1 aliphatic heterocycles. The Balaban J connectivity index is 1.77. The van der Waals surface area contributed by atoms with Gasteiger partial charge >= 0.3 is 0 Å². The first-order chi connectivity index (χ1) is 7.68. The fourth-order valence-electron chi connectivity index (χ4n) is 2.05. The van der Waals surface area contributed by atoms with Crippen LogP contribution in [-0.4, -0.2) is 18.8 Å². The maximum atomic E-state index is 5.73. The van der Waals surface area contributed by atoms with E-state index in [4.69, 9.17) is 4.74 Å². The van der Waals surface area contributed by atoms with Crippen LogP contribution < -0.4 is 5.32 Å². The minimum absolute atomic E-state index is 0.0587. The highest BCUT2D eigenvalue weighted by Crippen LogP contribution is 2.23. The van der Waals surface area contributed by atoms with Crippen LogP contribution in [0, 0.1) is 3.57 Å². The smallest absolute Gasteiger partial charge is 0.0779 e. The van der Waals surface area contributed by atoms with Gasteiger partial charge in [-0.3, -0.25) is 0 Å². The van der Waals surface area contributed by atoms with E-state index in [1.54, 1.807) is 0 Å². The largest absolute Gasteiger partial charge is 0.374 e. The lowest BCUT2D eigenvalue weighted by Gasteiger charge is -2.23. The van der Waals surface area contributed by atoms with E-state index in [-0.39, 0.29) is 5.60 Å². The van der Waals surface area contributed by atoms with Gasteiger partial charge in [-0.05, 0) is 60.1 Å². The van der Waals surface area contributed by atoms with Crippen molar-refractivity contribution >= 4 is 22.6 Å². The van der Waals surface area contributed by atoms with E-state index in [0.29, 0.717) is 0 Å². The van der Waals surface area contributed by atoms with E-state index < -0.39 is 0 Å². The summed E-state index contributed by atoms with van der Waals surface area (Å²) in [6.07, 6.45) is 2.37. The Morgan fingerprint density at radius 1 is 1.38 bits per heavy atom. The Morgan fingerprint density at radius 2 is 2.12 bits per heavy atom. The maximum Gasteiger partial charge on any atom is 0.0779 e. The quantitative estimate of drug-likeness (QED) is 0.857. The molecular weight excluding hydrogens is 313 g/mol. The van der Waals surface area contributed by atoms with Crippen molar-refractivity contribution in [3.8, 4) is 0 Å². The molecule has 0 aromatic heterocycles. The van der Waals surface area contributed by atoms with Crippen molar-refractivity contribution in [3.05, 3.63) is 33.4 Å². The van der Waals surface area contributed by atoms with Crippen LogP contribution in [0.3, 0.4) is 0 Å². The fourth-order valence-corrected chi connectivity index (χ4v) is 2.41. The van der Waals surface area contributed by atoms with Crippen molar-refractivity contribution in [3.63, 3.8) is 0 Å².